The van der Waals surface area contributed by atoms with Gasteiger partial charge in [0.15, 0.2) is 0 Å². The molecule has 1 aromatic carbocycles. The molecule has 0 N–H and O–H groups in total. The lowest BCUT2D eigenvalue weighted by molar-refractivity contribution is 0.289. The molecule has 1 heteroatoms. The standard InChI is InChI=1S/C32H48O/c1-3-5-7-11-27-14-16-28(17-15-27)12-8-9-13-29-18-20-30(21-19-29)31-22-24-32(25-23-31)33-26-10-6-4-2/h8,12,22-25,27-30H,3-7,10-11,14-21,26H2,1-2H3. The molecule has 0 heterocycles. The van der Waals surface area contributed by atoms with Crippen molar-refractivity contribution in [2.75, 3.05) is 6.61 Å². The van der Waals surface area contributed by atoms with Crippen molar-refractivity contribution in [1.82, 2.24) is 0 Å². The van der Waals surface area contributed by atoms with Gasteiger partial charge in [-0.2, -0.15) is 0 Å². The summed E-state index contributed by atoms with van der Waals surface area (Å²) in [6, 6.07) is 8.90. The Labute approximate surface area is 204 Å². The minimum Gasteiger partial charge on any atom is -0.494 e. The minimum atomic E-state index is 0.585. The molecule has 3 rings (SSSR count). The molecule has 0 amide bonds. The Bertz CT molecular complexity index is 718. The van der Waals surface area contributed by atoms with E-state index in [0.717, 1.165) is 30.6 Å². The van der Waals surface area contributed by atoms with E-state index in [0.29, 0.717) is 11.8 Å². The van der Waals surface area contributed by atoms with Crippen LogP contribution in [0.15, 0.2) is 36.4 Å². The molecule has 2 fully saturated rings. The molecule has 0 saturated heterocycles. The van der Waals surface area contributed by atoms with Crippen LogP contribution in [-0.2, 0) is 0 Å². The summed E-state index contributed by atoms with van der Waals surface area (Å²) in [5.74, 6) is 11.0. The number of hydrogen-bond donors (Lipinski definition) is 0. The summed E-state index contributed by atoms with van der Waals surface area (Å²) >= 11 is 0. The first-order valence-electron chi connectivity index (χ1n) is 14.2. The summed E-state index contributed by atoms with van der Waals surface area (Å²) in [6.45, 7) is 5.37. The van der Waals surface area contributed by atoms with E-state index in [4.69, 9.17) is 4.74 Å². The number of unbranched alkanes of at least 4 members (excludes halogenated alkanes) is 4. The van der Waals surface area contributed by atoms with Gasteiger partial charge in [0, 0.05) is 5.92 Å². The Hall–Kier alpha value is -1.68. The fourth-order valence-electron chi connectivity index (χ4n) is 5.65. The van der Waals surface area contributed by atoms with E-state index in [2.05, 4.69) is 62.1 Å². The molecule has 2 aliphatic carbocycles. The van der Waals surface area contributed by atoms with Crippen molar-refractivity contribution in [2.24, 2.45) is 17.8 Å². The zero-order chi connectivity index (χ0) is 23.1. The van der Waals surface area contributed by atoms with Crippen LogP contribution in [0.25, 0.3) is 0 Å². The molecule has 0 radical (unpaired) electrons. The summed E-state index contributed by atoms with van der Waals surface area (Å²) in [7, 11) is 0. The molecule has 0 unspecified atom stereocenters. The normalized spacial score (nSPS) is 25.5. The van der Waals surface area contributed by atoms with Gasteiger partial charge in [-0.15, -0.1) is 0 Å². The Kier molecular flexibility index (Phi) is 12.0. The van der Waals surface area contributed by atoms with E-state index in [9.17, 15) is 0 Å². The first-order valence-corrected chi connectivity index (χ1v) is 14.2. The monoisotopic (exact) mass is 448 g/mol. The van der Waals surface area contributed by atoms with E-state index in [-0.39, 0.29) is 0 Å². The van der Waals surface area contributed by atoms with Gasteiger partial charge in [0.2, 0.25) is 0 Å². The van der Waals surface area contributed by atoms with Gasteiger partial charge in [-0.25, -0.2) is 0 Å². The zero-order valence-corrected chi connectivity index (χ0v) is 21.5. The van der Waals surface area contributed by atoms with Gasteiger partial charge in [-0.1, -0.05) is 82.4 Å². The molecule has 0 aliphatic heterocycles. The van der Waals surface area contributed by atoms with Crippen LogP contribution in [0.1, 0.15) is 122 Å². The Morgan fingerprint density at radius 3 is 2.21 bits per heavy atom. The molecule has 2 aliphatic rings. The first kappa shape index (κ1) is 25.9. The summed E-state index contributed by atoms with van der Waals surface area (Å²) in [4.78, 5) is 0. The van der Waals surface area contributed by atoms with Crippen molar-refractivity contribution in [3.8, 4) is 17.6 Å². The van der Waals surface area contributed by atoms with Crippen LogP contribution in [-0.4, -0.2) is 6.61 Å². The van der Waals surface area contributed by atoms with Crippen LogP contribution in [0.5, 0.6) is 5.75 Å². The van der Waals surface area contributed by atoms with E-state index in [1.54, 1.807) is 0 Å². The highest BCUT2D eigenvalue weighted by atomic mass is 16.5. The largest absolute Gasteiger partial charge is 0.494 e. The van der Waals surface area contributed by atoms with Crippen LogP contribution in [0.4, 0.5) is 0 Å². The lowest BCUT2D eigenvalue weighted by Crippen LogP contribution is -2.13. The van der Waals surface area contributed by atoms with Crippen LogP contribution in [0.2, 0.25) is 0 Å². The summed E-state index contributed by atoms with van der Waals surface area (Å²) in [5, 5.41) is 0. The van der Waals surface area contributed by atoms with Crippen molar-refractivity contribution >= 4 is 0 Å². The van der Waals surface area contributed by atoms with Crippen molar-refractivity contribution in [1.29, 1.82) is 0 Å². The van der Waals surface area contributed by atoms with Crippen LogP contribution < -0.4 is 4.74 Å². The third-order valence-electron chi connectivity index (χ3n) is 7.94. The molecular formula is C32H48O. The van der Waals surface area contributed by atoms with Gasteiger partial charge in [0.25, 0.3) is 0 Å². The lowest BCUT2D eigenvalue weighted by Gasteiger charge is -2.26. The molecule has 1 aromatic rings. The van der Waals surface area contributed by atoms with Crippen molar-refractivity contribution in [3.63, 3.8) is 0 Å². The fraction of sp³-hybridized carbons (Fsp3) is 0.688. The second kappa shape index (κ2) is 15.3. The molecule has 0 bridgehead atoms. The van der Waals surface area contributed by atoms with E-state index >= 15 is 0 Å². The number of hydrogen-bond acceptors (Lipinski definition) is 1. The highest BCUT2D eigenvalue weighted by Crippen LogP contribution is 2.36. The van der Waals surface area contributed by atoms with Gasteiger partial charge in [0.05, 0.1) is 6.61 Å². The second-order valence-corrected chi connectivity index (χ2v) is 10.6. The molecule has 0 aromatic heterocycles. The van der Waals surface area contributed by atoms with Gasteiger partial charge in [0.1, 0.15) is 5.75 Å². The molecule has 2 saturated carbocycles. The maximum Gasteiger partial charge on any atom is 0.119 e. The smallest absolute Gasteiger partial charge is 0.119 e. The first-order chi connectivity index (χ1) is 16.3. The molecular weight excluding hydrogens is 400 g/mol. The Morgan fingerprint density at radius 2 is 1.52 bits per heavy atom. The van der Waals surface area contributed by atoms with Crippen molar-refractivity contribution in [2.45, 2.75) is 116 Å². The number of benzene rings is 1. The van der Waals surface area contributed by atoms with Crippen molar-refractivity contribution < 1.29 is 4.74 Å². The maximum atomic E-state index is 5.87. The van der Waals surface area contributed by atoms with E-state index in [1.807, 2.05) is 0 Å². The van der Waals surface area contributed by atoms with Gasteiger partial charge in [-0.3, -0.25) is 0 Å². The predicted octanol–water partition coefficient (Wildman–Crippen LogP) is 9.48. The molecule has 33 heavy (non-hydrogen) atoms. The van der Waals surface area contributed by atoms with Crippen LogP contribution in [0, 0.1) is 29.6 Å². The number of allylic oxidation sites excluding steroid dienone is 2. The lowest BCUT2D eigenvalue weighted by atomic mass is 9.79. The van der Waals surface area contributed by atoms with E-state index < -0.39 is 0 Å². The maximum absolute atomic E-state index is 5.87. The predicted molar refractivity (Wildman–Crippen MR) is 143 cm³/mol. The molecule has 1 nitrogen and oxygen atoms in total. The third kappa shape index (κ3) is 9.60. The topological polar surface area (TPSA) is 9.23 Å². The quantitative estimate of drug-likeness (QED) is 0.242. The zero-order valence-electron chi connectivity index (χ0n) is 21.5. The summed E-state index contributed by atoms with van der Waals surface area (Å²) in [5.41, 5.74) is 1.48. The number of ether oxygens (including phenoxy) is 1. The average Bonchev–Trinajstić information content (AvgIpc) is 2.86. The highest BCUT2D eigenvalue weighted by Gasteiger charge is 2.21. The number of rotatable bonds is 11. The highest BCUT2D eigenvalue weighted by molar-refractivity contribution is 5.30. The van der Waals surface area contributed by atoms with E-state index in [1.165, 1.54) is 95.5 Å². The van der Waals surface area contributed by atoms with Crippen LogP contribution >= 0.6 is 0 Å². The molecule has 0 spiro atoms. The average molecular weight is 449 g/mol. The molecule has 182 valence electrons. The SMILES string of the molecule is CCCCCOc1ccc(C2CCC(C#CC=CC3CCC(CCCCC)CC3)CC2)cc1. The Balaban J connectivity index is 1.32. The van der Waals surface area contributed by atoms with Gasteiger partial charge in [-0.05, 0) is 99.3 Å². The summed E-state index contributed by atoms with van der Waals surface area (Å²) < 4.78 is 5.87. The second-order valence-electron chi connectivity index (χ2n) is 10.6. The third-order valence-corrected chi connectivity index (χ3v) is 7.94. The Morgan fingerprint density at radius 1 is 0.818 bits per heavy atom. The van der Waals surface area contributed by atoms with Crippen molar-refractivity contribution in [3.05, 3.63) is 42.0 Å². The fourth-order valence-corrected chi connectivity index (χ4v) is 5.65. The van der Waals surface area contributed by atoms with Gasteiger partial charge < -0.3 is 4.74 Å². The minimum absolute atomic E-state index is 0.585. The summed E-state index contributed by atoms with van der Waals surface area (Å²) in [6.07, 6.45) is 24.5. The molecule has 0 atom stereocenters. The van der Waals surface area contributed by atoms with Crippen LogP contribution in [0.3, 0.4) is 0 Å². The van der Waals surface area contributed by atoms with Gasteiger partial charge >= 0.3 is 0 Å².